The number of nitrogens with zero attached hydrogens (tertiary/aromatic N) is 3. The molecule has 50 valence electrons. The van der Waals surface area contributed by atoms with Gasteiger partial charge in [-0.2, -0.15) is 9.78 Å². The number of nitrogens with two attached hydrogens (primary N) is 1. The molecule has 1 aromatic rings. The highest BCUT2D eigenvalue weighted by molar-refractivity contribution is 5.85. The molecule has 0 radical (unpaired) electrons. The van der Waals surface area contributed by atoms with Crippen LogP contribution in [0.5, 0.6) is 0 Å². The van der Waals surface area contributed by atoms with Gasteiger partial charge >= 0.3 is 0 Å². The Labute approximate surface area is 57.8 Å². The van der Waals surface area contributed by atoms with Crippen molar-refractivity contribution < 1.29 is 0 Å². The summed E-state index contributed by atoms with van der Waals surface area (Å²) in [6, 6.07) is 0. The quantitative estimate of drug-likeness (QED) is 0.381. The van der Waals surface area contributed by atoms with E-state index in [0.717, 1.165) is 0 Å². The third-order valence-corrected chi connectivity index (χ3v) is 0.666. The molecule has 9 heavy (non-hydrogen) atoms. The van der Waals surface area contributed by atoms with Gasteiger partial charge in [-0.25, -0.2) is 4.98 Å². The van der Waals surface area contributed by atoms with Gasteiger partial charge in [0.05, 0.1) is 0 Å². The lowest BCUT2D eigenvalue weighted by atomic mass is 11.0. The minimum atomic E-state index is -0.123. The molecule has 0 aliphatic heterocycles. The summed E-state index contributed by atoms with van der Waals surface area (Å²) in [7, 11) is 0. The Morgan fingerprint density at radius 3 is 2.56 bits per heavy atom. The van der Waals surface area contributed by atoms with E-state index in [2.05, 4.69) is 10.1 Å². The summed E-state index contributed by atoms with van der Waals surface area (Å²) in [5.41, 5.74) is 5.00. The van der Waals surface area contributed by atoms with E-state index in [0.29, 0.717) is 0 Å². The number of nitrogens with one attached hydrogen (secondary N) is 1. The third kappa shape index (κ3) is 1.69. The first kappa shape index (κ1) is 7.90. The van der Waals surface area contributed by atoms with Crippen molar-refractivity contribution in [3.05, 3.63) is 12.7 Å². The van der Waals surface area contributed by atoms with Gasteiger partial charge in [-0.05, 0) is 0 Å². The molecule has 0 aliphatic rings. The van der Waals surface area contributed by atoms with Crippen molar-refractivity contribution in [3.63, 3.8) is 0 Å². The molecule has 3 N–H and O–H groups in total. The fourth-order valence-electron chi connectivity index (χ4n) is 0.333. The monoisotopic (exact) mass is 147 g/mol. The summed E-state index contributed by atoms with van der Waals surface area (Å²) in [6.07, 6.45) is 2.68. The van der Waals surface area contributed by atoms with Crippen LogP contribution in [-0.2, 0) is 0 Å². The van der Waals surface area contributed by atoms with Crippen LogP contribution in [0.1, 0.15) is 0 Å². The van der Waals surface area contributed by atoms with Crippen LogP contribution in [0, 0.1) is 5.41 Å². The smallest absolute Gasteiger partial charge is 0.215 e. The Balaban J connectivity index is 0.000000640. The summed E-state index contributed by atoms with van der Waals surface area (Å²) >= 11 is 0. The molecule has 0 saturated carbocycles. The van der Waals surface area contributed by atoms with E-state index >= 15 is 0 Å². The summed E-state index contributed by atoms with van der Waals surface area (Å²) in [4.78, 5) is 3.57. The maximum atomic E-state index is 6.79. The second-order valence-electron chi connectivity index (χ2n) is 1.23. The van der Waals surface area contributed by atoms with Crippen LogP contribution >= 0.6 is 12.4 Å². The first-order valence-electron chi connectivity index (χ1n) is 2.00. The fraction of sp³-hybridized carbons (Fsp3) is 0. The van der Waals surface area contributed by atoms with Crippen LogP contribution in [0.3, 0.4) is 0 Å². The van der Waals surface area contributed by atoms with Crippen LogP contribution in [0.2, 0.25) is 0 Å². The predicted molar refractivity (Wildman–Crippen MR) is 34.6 cm³/mol. The van der Waals surface area contributed by atoms with Gasteiger partial charge in [-0.3, -0.25) is 5.41 Å². The first-order chi connectivity index (χ1) is 3.80. The summed E-state index contributed by atoms with van der Waals surface area (Å²) in [5, 5.41) is 10.4. The summed E-state index contributed by atoms with van der Waals surface area (Å²) in [5.74, 6) is -0.123. The maximum Gasteiger partial charge on any atom is 0.215 e. The lowest BCUT2D eigenvalue weighted by Gasteiger charge is -1.89. The molecule has 1 rings (SSSR count). The van der Waals surface area contributed by atoms with Crippen molar-refractivity contribution in [1.82, 2.24) is 14.8 Å². The van der Waals surface area contributed by atoms with Crippen LogP contribution in [0.25, 0.3) is 0 Å². The molecular formula is C3H6ClN5. The molecular weight excluding hydrogens is 142 g/mol. The molecule has 0 aromatic carbocycles. The fourth-order valence-corrected chi connectivity index (χ4v) is 0.333. The molecule has 0 atom stereocenters. The Bertz CT molecular complexity index is 180. The van der Waals surface area contributed by atoms with Gasteiger partial charge in [0.1, 0.15) is 12.7 Å². The number of rotatable bonds is 0. The van der Waals surface area contributed by atoms with E-state index in [1.807, 2.05) is 0 Å². The van der Waals surface area contributed by atoms with E-state index in [1.165, 1.54) is 17.3 Å². The molecule has 0 spiro atoms. The third-order valence-electron chi connectivity index (χ3n) is 0.666. The number of nitrogen functional groups attached to an aromatic ring is 1. The average Bonchev–Trinajstić information content (AvgIpc) is 2.12. The second-order valence-corrected chi connectivity index (χ2v) is 1.23. The minimum absolute atomic E-state index is 0. The molecule has 0 bridgehead atoms. The number of aromatic nitrogens is 3. The standard InChI is InChI=1S/C3H5N5.ClH/c4-3(5)8-2-6-1-7-8;/h1-2H,(H3,4,5);1H. The maximum absolute atomic E-state index is 6.79. The van der Waals surface area contributed by atoms with E-state index in [9.17, 15) is 0 Å². The zero-order chi connectivity index (χ0) is 5.98. The zero-order valence-electron chi connectivity index (χ0n) is 4.48. The molecule has 0 amide bonds. The van der Waals surface area contributed by atoms with Crippen LogP contribution < -0.4 is 5.73 Å². The zero-order valence-corrected chi connectivity index (χ0v) is 5.30. The molecule has 0 aliphatic carbocycles. The van der Waals surface area contributed by atoms with Crippen molar-refractivity contribution in [3.8, 4) is 0 Å². The van der Waals surface area contributed by atoms with Crippen LogP contribution in [0.4, 0.5) is 0 Å². The highest BCUT2D eigenvalue weighted by atomic mass is 35.5. The van der Waals surface area contributed by atoms with E-state index < -0.39 is 0 Å². The van der Waals surface area contributed by atoms with Gasteiger partial charge in [0.25, 0.3) is 0 Å². The molecule has 1 aromatic heterocycles. The second kappa shape index (κ2) is 3.03. The average molecular weight is 148 g/mol. The first-order valence-corrected chi connectivity index (χ1v) is 2.00. The van der Waals surface area contributed by atoms with Crippen LogP contribution in [0.15, 0.2) is 12.7 Å². The van der Waals surface area contributed by atoms with Crippen LogP contribution in [-0.4, -0.2) is 20.7 Å². The van der Waals surface area contributed by atoms with E-state index in [4.69, 9.17) is 11.1 Å². The predicted octanol–water partition coefficient (Wildman–Crippen LogP) is -0.559. The molecule has 5 nitrogen and oxygen atoms in total. The van der Waals surface area contributed by atoms with E-state index in [-0.39, 0.29) is 18.4 Å². The minimum Gasteiger partial charge on any atom is -0.368 e. The molecule has 0 unspecified atom stereocenters. The Hall–Kier alpha value is -1.10. The highest BCUT2D eigenvalue weighted by Gasteiger charge is 1.88. The Morgan fingerprint density at radius 1 is 1.67 bits per heavy atom. The molecule has 1 heterocycles. The van der Waals surface area contributed by atoms with Gasteiger partial charge in [-0.15, -0.1) is 12.4 Å². The Morgan fingerprint density at radius 2 is 2.33 bits per heavy atom. The number of hydrogen-bond acceptors (Lipinski definition) is 3. The van der Waals surface area contributed by atoms with Gasteiger partial charge < -0.3 is 5.73 Å². The highest BCUT2D eigenvalue weighted by Crippen LogP contribution is 1.71. The normalized spacial score (nSPS) is 8.00. The molecule has 0 saturated heterocycles. The number of halogens is 1. The van der Waals surface area contributed by atoms with Gasteiger partial charge in [0.15, 0.2) is 0 Å². The van der Waals surface area contributed by atoms with Crippen molar-refractivity contribution in [2.45, 2.75) is 0 Å². The number of hydrogen-bond donors (Lipinski definition) is 2. The topological polar surface area (TPSA) is 80.6 Å². The van der Waals surface area contributed by atoms with Crippen molar-refractivity contribution >= 4 is 18.4 Å². The van der Waals surface area contributed by atoms with Gasteiger partial charge in [0.2, 0.25) is 5.96 Å². The van der Waals surface area contributed by atoms with E-state index in [1.54, 1.807) is 0 Å². The summed E-state index contributed by atoms with van der Waals surface area (Å²) in [6.45, 7) is 0. The largest absolute Gasteiger partial charge is 0.368 e. The summed E-state index contributed by atoms with van der Waals surface area (Å²) < 4.78 is 1.17. The van der Waals surface area contributed by atoms with Gasteiger partial charge in [0, 0.05) is 0 Å². The lowest BCUT2D eigenvalue weighted by molar-refractivity contribution is 0.910. The van der Waals surface area contributed by atoms with Crippen molar-refractivity contribution in [2.24, 2.45) is 5.73 Å². The van der Waals surface area contributed by atoms with Gasteiger partial charge in [-0.1, -0.05) is 0 Å². The Kier molecular flexibility index (Phi) is 2.66. The molecule has 6 heteroatoms. The van der Waals surface area contributed by atoms with Crippen molar-refractivity contribution in [1.29, 1.82) is 5.41 Å². The SMILES string of the molecule is Cl.N=C(N)n1cncn1. The van der Waals surface area contributed by atoms with Crippen molar-refractivity contribution in [2.75, 3.05) is 0 Å². The lowest BCUT2D eigenvalue weighted by Crippen LogP contribution is -2.20. The molecule has 0 fully saturated rings.